The van der Waals surface area contributed by atoms with Crippen LogP contribution in [-0.2, 0) is 0 Å². The maximum atomic E-state index is 11.2. The molecule has 5 heteroatoms. The molecule has 1 heterocycles. The van der Waals surface area contributed by atoms with Crippen molar-refractivity contribution in [2.45, 2.75) is 6.42 Å². The third-order valence-electron chi connectivity index (χ3n) is 1.26. The zero-order valence-corrected chi connectivity index (χ0v) is 9.39. The molecular formula is C7H9IN2OS. The summed E-state index contributed by atoms with van der Waals surface area (Å²) in [5.74, 6) is -0.0684. The van der Waals surface area contributed by atoms with E-state index in [1.807, 2.05) is 0 Å². The molecule has 0 aliphatic rings. The first-order chi connectivity index (χ1) is 5.84. The number of aromatic nitrogens is 1. The Bertz CT molecular complexity index is 238. The Morgan fingerprint density at radius 2 is 2.58 bits per heavy atom. The van der Waals surface area contributed by atoms with Gasteiger partial charge in [-0.25, -0.2) is 4.98 Å². The number of alkyl halides is 1. The summed E-state index contributed by atoms with van der Waals surface area (Å²) >= 11 is 3.72. The van der Waals surface area contributed by atoms with Gasteiger partial charge < -0.3 is 5.32 Å². The molecule has 1 aromatic rings. The fraction of sp³-hybridized carbons (Fsp3) is 0.429. The Balaban J connectivity index is 2.30. The van der Waals surface area contributed by atoms with Crippen LogP contribution in [0, 0.1) is 0 Å². The smallest absolute Gasteiger partial charge is 0.270 e. The second-order valence-corrected chi connectivity index (χ2v) is 3.97. The highest BCUT2D eigenvalue weighted by Crippen LogP contribution is 2.00. The molecule has 0 saturated carbocycles. The van der Waals surface area contributed by atoms with E-state index >= 15 is 0 Å². The first-order valence-electron chi connectivity index (χ1n) is 3.57. The molecule has 0 aliphatic heterocycles. The molecule has 0 aromatic carbocycles. The van der Waals surface area contributed by atoms with Gasteiger partial charge in [0.25, 0.3) is 5.91 Å². The van der Waals surface area contributed by atoms with Crippen molar-refractivity contribution in [2.75, 3.05) is 11.0 Å². The number of nitrogens with zero attached hydrogens (tertiary/aromatic N) is 1. The maximum Gasteiger partial charge on any atom is 0.270 e. The largest absolute Gasteiger partial charge is 0.351 e. The first-order valence-corrected chi connectivity index (χ1v) is 6.04. The monoisotopic (exact) mass is 296 g/mol. The van der Waals surface area contributed by atoms with Crippen molar-refractivity contribution >= 4 is 39.8 Å². The van der Waals surface area contributed by atoms with Gasteiger partial charge in [-0.3, -0.25) is 4.79 Å². The zero-order valence-electron chi connectivity index (χ0n) is 6.42. The summed E-state index contributed by atoms with van der Waals surface area (Å²) in [6.07, 6.45) is 1.01. The first kappa shape index (κ1) is 9.91. The van der Waals surface area contributed by atoms with Gasteiger partial charge in [-0.05, 0) is 6.42 Å². The Kier molecular flexibility index (Phi) is 4.52. The predicted octanol–water partition coefficient (Wildman–Crippen LogP) is 1.70. The van der Waals surface area contributed by atoms with E-state index < -0.39 is 0 Å². The van der Waals surface area contributed by atoms with Crippen molar-refractivity contribution in [3.05, 3.63) is 16.6 Å². The lowest BCUT2D eigenvalue weighted by molar-refractivity contribution is 0.0949. The van der Waals surface area contributed by atoms with Gasteiger partial charge in [0.2, 0.25) is 0 Å². The van der Waals surface area contributed by atoms with Gasteiger partial charge in [-0.15, -0.1) is 11.3 Å². The molecule has 1 aromatic heterocycles. The highest BCUT2D eigenvalue weighted by atomic mass is 127. The number of halogens is 1. The fourth-order valence-electron chi connectivity index (χ4n) is 0.684. The van der Waals surface area contributed by atoms with E-state index in [-0.39, 0.29) is 5.91 Å². The summed E-state index contributed by atoms with van der Waals surface area (Å²) in [4.78, 5) is 15.1. The number of amides is 1. The van der Waals surface area contributed by atoms with E-state index in [0.717, 1.165) is 17.4 Å². The van der Waals surface area contributed by atoms with Crippen molar-refractivity contribution in [3.63, 3.8) is 0 Å². The lowest BCUT2D eigenvalue weighted by atomic mass is 10.4. The van der Waals surface area contributed by atoms with E-state index in [2.05, 4.69) is 32.9 Å². The van der Waals surface area contributed by atoms with Crippen molar-refractivity contribution in [3.8, 4) is 0 Å². The van der Waals surface area contributed by atoms with Crippen LogP contribution in [0.5, 0.6) is 0 Å². The van der Waals surface area contributed by atoms with Crippen LogP contribution in [0.4, 0.5) is 0 Å². The van der Waals surface area contributed by atoms with E-state index in [9.17, 15) is 4.79 Å². The van der Waals surface area contributed by atoms with Crippen molar-refractivity contribution in [1.82, 2.24) is 10.3 Å². The number of nitrogens with one attached hydrogen (secondary N) is 1. The van der Waals surface area contributed by atoms with Gasteiger partial charge in [0.05, 0.1) is 5.51 Å². The van der Waals surface area contributed by atoms with Gasteiger partial charge in [0.15, 0.2) is 0 Å². The van der Waals surface area contributed by atoms with Crippen LogP contribution in [0.1, 0.15) is 16.9 Å². The normalized spacial score (nSPS) is 9.75. The van der Waals surface area contributed by atoms with Crippen LogP contribution in [-0.4, -0.2) is 21.9 Å². The van der Waals surface area contributed by atoms with Crippen molar-refractivity contribution < 1.29 is 4.79 Å². The number of carbonyl (C=O) groups excluding carboxylic acids is 1. The van der Waals surface area contributed by atoms with Crippen LogP contribution in [0.2, 0.25) is 0 Å². The topological polar surface area (TPSA) is 42.0 Å². The molecule has 0 aliphatic carbocycles. The van der Waals surface area contributed by atoms with Crippen LogP contribution < -0.4 is 5.32 Å². The Hall–Kier alpha value is -0.170. The minimum atomic E-state index is -0.0684. The third kappa shape index (κ3) is 3.06. The molecule has 1 rings (SSSR count). The molecule has 0 fully saturated rings. The quantitative estimate of drug-likeness (QED) is 0.522. The number of carbonyl (C=O) groups is 1. The lowest BCUT2D eigenvalue weighted by Crippen LogP contribution is -2.24. The molecule has 12 heavy (non-hydrogen) atoms. The van der Waals surface area contributed by atoms with E-state index in [0.29, 0.717) is 5.69 Å². The summed E-state index contributed by atoms with van der Waals surface area (Å²) in [7, 11) is 0. The number of hydrogen-bond donors (Lipinski definition) is 1. The van der Waals surface area contributed by atoms with Crippen LogP contribution >= 0.6 is 33.9 Å². The summed E-state index contributed by atoms with van der Waals surface area (Å²) in [6.45, 7) is 0.735. The minimum Gasteiger partial charge on any atom is -0.351 e. The number of hydrogen-bond acceptors (Lipinski definition) is 3. The summed E-state index contributed by atoms with van der Waals surface area (Å²) in [5, 5.41) is 4.54. The maximum absolute atomic E-state index is 11.2. The minimum absolute atomic E-state index is 0.0684. The van der Waals surface area contributed by atoms with Gasteiger partial charge in [0.1, 0.15) is 5.69 Å². The van der Waals surface area contributed by atoms with Crippen LogP contribution in [0.25, 0.3) is 0 Å². The second-order valence-electron chi connectivity index (χ2n) is 2.17. The van der Waals surface area contributed by atoms with Crippen molar-refractivity contribution in [2.24, 2.45) is 0 Å². The highest BCUT2D eigenvalue weighted by molar-refractivity contribution is 14.1. The van der Waals surface area contributed by atoms with Crippen molar-refractivity contribution in [1.29, 1.82) is 0 Å². The highest BCUT2D eigenvalue weighted by Gasteiger charge is 2.04. The molecule has 0 atom stereocenters. The summed E-state index contributed by atoms with van der Waals surface area (Å²) in [6, 6.07) is 0. The van der Waals surface area contributed by atoms with E-state index in [4.69, 9.17) is 0 Å². The van der Waals surface area contributed by atoms with E-state index in [1.165, 1.54) is 11.3 Å². The zero-order chi connectivity index (χ0) is 8.81. The predicted molar refractivity (Wildman–Crippen MR) is 58.0 cm³/mol. The average Bonchev–Trinajstić information content (AvgIpc) is 2.56. The second kappa shape index (κ2) is 5.47. The lowest BCUT2D eigenvalue weighted by Gasteiger charge is -1.99. The molecule has 66 valence electrons. The van der Waals surface area contributed by atoms with E-state index in [1.54, 1.807) is 10.9 Å². The van der Waals surface area contributed by atoms with Gasteiger partial charge >= 0.3 is 0 Å². The third-order valence-corrected chi connectivity index (χ3v) is 2.61. The van der Waals surface area contributed by atoms with Gasteiger partial charge in [0, 0.05) is 16.4 Å². The van der Waals surface area contributed by atoms with Crippen LogP contribution in [0.15, 0.2) is 10.9 Å². The SMILES string of the molecule is O=C(NCCCI)c1cscn1. The molecule has 0 saturated heterocycles. The molecule has 3 nitrogen and oxygen atoms in total. The standard InChI is InChI=1S/C7H9IN2OS/c8-2-1-3-9-7(11)6-4-12-5-10-6/h4-5H,1-3H2,(H,9,11). The molecule has 0 radical (unpaired) electrons. The van der Waals surface area contributed by atoms with Gasteiger partial charge in [-0.2, -0.15) is 0 Å². The molecule has 0 spiro atoms. The summed E-state index contributed by atoms with van der Waals surface area (Å²) < 4.78 is 1.06. The van der Waals surface area contributed by atoms with Gasteiger partial charge in [-0.1, -0.05) is 22.6 Å². The Labute approximate surface area is 88.7 Å². The Morgan fingerprint density at radius 3 is 3.17 bits per heavy atom. The molecule has 1 N–H and O–H groups in total. The molecular weight excluding hydrogens is 287 g/mol. The van der Waals surface area contributed by atoms with Crippen LogP contribution in [0.3, 0.4) is 0 Å². The molecule has 0 unspecified atom stereocenters. The molecule has 1 amide bonds. The molecule has 0 bridgehead atoms. The number of thiazole rings is 1. The summed E-state index contributed by atoms with van der Waals surface area (Å²) in [5.41, 5.74) is 2.18. The Morgan fingerprint density at radius 1 is 1.75 bits per heavy atom. The fourth-order valence-corrected chi connectivity index (χ4v) is 1.60. The number of rotatable bonds is 4. The average molecular weight is 296 g/mol.